The van der Waals surface area contributed by atoms with Gasteiger partial charge in [-0.3, -0.25) is 14.4 Å². The van der Waals surface area contributed by atoms with E-state index in [0.29, 0.717) is 37.0 Å². The molecule has 2 unspecified atom stereocenters. The van der Waals surface area contributed by atoms with Gasteiger partial charge in [-0.2, -0.15) is 11.8 Å². The number of thioether (sulfide) groups is 1. The third-order valence-electron chi connectivity index (χ3n) is 10.3. The number of esters is 1. The van der Waals surface area contributed by atoms with Gasteiger partial charge in [0.2, 0.25) is 11.7 Å². The number of carbonyl (C=O) groups excluding carboxylic acids is 4. The molecule has 39 heavy (non-hydrogen) atoms. The Labute approximate surface area is 233 Å². The minimum absolute atomic E-state index is 0.155. The number of rotatable bonds is 8. The number of nitrogens with one attached hydrogen (secondary N) is 1. The molecular formula is C29H40FNO7S. The number of aliphatic hydroxyl groups excluding tert-OH is 1. The van der Waals surface area contributed by atoms with Crippen molar-refractivity contribution in [2.24, 2.45) is 28.6 Å². The lowest BCUT2D eigenvalue weighted by atomic mass is 9.44. The number of hydrogen-bond donors (Lipinski definition) is 3. The Kier molecular flexibility index (Phi) is 7.99. The van der Waals surface area contributed by atoms with Crippen molar-refractivity contribution in [2.75, 3.05) is 18.6 Å². The van der Waals surface area contributed by atoms with Gasteiger partial charge in [0, 0.05) is 23.7 Å². The van der Waals surface area contributed by atoms with Crippen LogP contribution in [-0.2, 0) is 23.9 Å². The molecule has 4 aliphatic rings. The van der Waals surface area contributed by atoms with Crippen molar-refractivity contribution in [3.8, 4) is 0 Å². The Hall–Kier alpha value is -2.04. The van der Waals surface area contributed by atoms with E-state index in [9.17, 15) is 29.4 Å². The van der Waals surface area contributed by atoms with Crippen LogP contribution in [0.3, 0.4) is 0 Å². The van der Waals surface area contributed by atoms with Crippen LogP contribution in [0.2, 0.25) is 0 Å². The number of aliphatic hydroxyl groups is 2. The van der Waals surface area contributed by atoms with Crippen molar-refractivity contribution in [1.29, 1.82) is 0 Å². The Balaban J connectivity index is 1.58. The van der Waals surface area contributed by atoms with Crippen molar-refractivity contribution < 1.29 is 38.5 Å². The number of fused-ring (bicyclic) bond motifs is 5. The van der Waals surface area contributed by atoms with Crippen LogP contribution in [0.4, 0.5) is 4.39 Å². The number of allylic oxidation sites excluding steroid dienone is 4. The van der Waals surface area contributed by atoms with Crippen molar-refractivity contribution in [1.82, 2.24) is 5.32 Å². The summed E-state index contributed by atoms with van der Waals surface area (Å²) in [5, 5.41) is 26.0. The average molecular weight is 566 g/mol. The van der Waals surface area contributed by atoms with E-state index in [-0.39, 0.29) is 12.2 Å². The lowest BCUT2D eigenvalue weighted by molar-refractivity contribution is -0.220. The number of ether oxygens (including phenoxy) is 1. The fraction of sp³-hybridized carbons (Fsp3) is 0.724. The molecule has 0 bridgehead atoms. The normalized spacial score (nSPS) is 41.5. The largest absolute Gasteiger partial charge is 0.456 e. The molecule has 0 saturated heterocycles. The Morgan fingerprint density at radius 2 is 1.97 bits per heavy atom. The highest BCUT2D eigenvalue weighted by molar-refractivity contribution is 7.98. The van der Waals surface area contributed by atoms with E-state index in [1.165, 1.54) is 30.8 Å². The summed E-state index contributed by atoms with van der Waals surface area (Å²) in [6.45, 7) is 5.80. The molecule has 0 aromatic rings. The van der Waals surface area contributed by atoms with Crippen LogP contribution in [0.25, 0.3) is 0 Å². The van der Waals surface area contributed by atoms with Crippen molar-refractivity contribution in [3.05, 3.63) is 23.8 Å². The quantitative estimate of drug-likeness (QED) is 0.383. The first-order chi connectivity index (χ1) is 18.2. The van der Waals surface area contributed by atoms with Gasteiger partial charge >= 0.3 is 5.97 Å². The zero-order valence-corrected chi connectivity index (χ0v) is 24.1. The van der Waals surface area contributed by atoms with E-state index < -0.39 is 76.3 Å². The number of Topliss-reactive ketones (excluding diaryl/α,β-unsaturated/α-hetero) is 1. The lowest BCUT2D eigenvalue weighted by Crippen LogP contribution is -2.69. The summed E-state index contributed by atoms with van der Waals surface area (Å²) in [6, 6.07) is -0.911. The first-order valence-corrected chi connectivity index (χ1v) is 15.1. The molecule has 216 valence electrons. The number of alkyl halides is 1. The Bertz CT molecular complexity index is 1120. The summed E-state index contributed by atoms with van der Waals surface area (Å²) in [5.41, 5.74) is -5.67. The van der Waals surface area contributed by atoms with Gasteiger partial charge in [-0.25, -0.2) is 9.18 Å². The highest BCUT2D eigenvalue weighted by Gasteiger charge is 2.75. The highest BCUT2D eigenvalue weighted by Crippen LogP contribution is 2.70. The van der Waals surface area contributed by atoms with Crippen molar-refractivity contribution >= 4 is 35.2 Å². The molecule has 0 aliphatic heterocycles. The average Bonchev–Trinajstić information content (AvgIpc) is 3.07. The monoisotopic (exact) mass is 565 g/mol. The van der Waals surface area contributed by atoms with Gasteiger partial charge < -0.3 is 20.3 Å². The second-order valence-electron chi connectivity index (χ2n) is 12.2. The molecular weight excluding hydrogens is 525 g/mol. The van der Waals surface area contributed by atoms with Crippen LogP contribution in [0.5, 0.6) is 0 Å². The molecule has 0 aromatic heterocycles. The molecule has 1 amide bonds. The Morgan fingerprint density at radius 3 is 2.62 bits per heavy atom. The maximum atomic E-state index is 17.3. The van der Waals surface area contributed by atoms with Gasteiger partial charge in [-0.15, -0.1) is 0 Å². The van der Waals surface area contributed by atoms with Gasteiger partial charge in [0.1, 0.15) is 11.6 Å². The second-order valence-corrected chi connectivity index (χ2v) is 13.2. The maximum absolute atomic E-state index is 17.3. The summed E-state index contributed by atoms with van der Waals surface area (Å²) >= 11 is 1.50. The summed E-state index contributed by atoms with van der Waals surface area (Å²) in [5.74, 6) is -3.07. The van der Waals surface area contributed by atoms with E-state index >= 15 is 4.39 Å². The first-order valence-electron chi connectivity index (χ1n) is 13.7. The predicted octanol–water partition coefficient (Wildman–Crippen LogP) is 2.70. The van der Waals surface area contributed by atoms with E-state index in [2.05, 4.69) is 5.32 Å². The topological polar surface area (TPSA) is 130 Å². The Morgan fingerprint density at radius 1 is 1.28 bits per heavy atom. The van der Waals surface area contributed by atoms with Crippen LogP contribution in [0, 0.1) is 28.6 Å². The molecule has 9 atom stereocenters. The predicted molar refractivity (Wildman–Crippen MR) is 144 cm³/mol. The highest BCUT2D eigenvalue weighted by atomic mass is 32.2. The van der Waals surface area contributed by atoms with E-state index in [4.69, 9.17) is 4.74 Å². The minimum Gasteiger partial charge on any atom is -0.456 e. The smallest absolute Gasteiger partial charge is 0.329 e. The van der Waals surface area contributed by atoms with Gasteiger partial charge in [-0.1, -0.05) is 25.5 Å². The zero-order chi connectivity index (χ0) is 29.0. The minimum atomic E-state index is -2.07. The SMILES string of the molecule is CSCCC(NC(C)=O)C(=O)OCC(=O)[C@@]1(O)[C@@H](C)C[C@H]2[C@@H]3CCC4=CC(=O)C=C[C@]4(C)C3(F)[C@@H](O)C[C@@]21C. The van der Waals surface area contributed by atoms with Crippen LogP contribution < -0.4 is 5.32 Å². The van der Waals surface area contributed by atoms with Gasteiger partial charge in [0.05, 0.1) is 6.10 Å². The van der Waals surface area contributed by atoms with Gasteiger partial charge in [0.25, 0.3) is 0 Å². The van der Waals surface area contributed by atoms with E-state index in [1.807, 2.05) is 6.26 Å². The molecule has 0 heterocycles. The molecule has 0 aromatic carbocycles. The molecule has 4 rings (SSSR count). The number of ketones is 2. The zero-order valence-electron chi connectivity index (χ0n) is 23.3. The van der Waals surface area contributed by atoms with Crippen LogP contribution in [0.15, 0.2) is 23.8 Å². The van der Waals surface area contributed by atoms with Crippen LogP contribution in [0.1, 0.15) is 59.8 Å². The molecule has 0 spiro atoms. The molecule has 4 aliphatic carbocycles. The number of hydrogen-bond acceptors (Lipinski definition) is 8. The lowest BCUT2D eigenvalue weighted by Gasteiger charge is -2.62. The summed E-state index contributed by atoms with van der Waals surface area (Å²) in [7, 11) is 0. The van der Waals surface area contributed by atoms with Gasteiger partial charge in [-0.05, 0) is 75.0 Å². The summed E-state index contributed by atoms with van der Waals surface area (Å²) < 4.78 is 22.6. The number of carbonyl (C=O) groups is 4. The molecule has 10 heteroatoms. The van der Waals surface area contributed by atoms with Crippen LogP contribution >= 0.6 is 11.8 Å². The third-order valence-corrected chi connectivity index (χ3v) is 10.9. The summed E-state index contributed by atoms with van der Waals surface area (Å²) in [6.07, 6.45) is 6.19. The molecule has 3 fully saturated rings. The van der Waals surface area contributed by atoms with Crippen molar-refractivity contribution in [3.63, 3.8) is 0 Å². The van der Waals surface area contributed by atoms with E-state index in [0.717, 1.165) is 0 Å². The second kappa shape index (κ2) is 10.4. The van der Waals surface area contributed by atoms with Gasteiger partial charge in [0.15, 0.2) is 18.1 Å². The maximum Gasteiger partial charge on any atom is 0.329 e. The number of halogens is 1. The van der Waals surface area contributed by atoms with Crippen LogP contribution in [-0.4, -0.2) is 75.7 Å². The van der Waals surface area contributed by atoms with Crippen molar-refractivity contribution in [2.45, 2.75) is 83.2 Å². The first kappa shape index (κ1) is 29.9. The third kappa shape index (κ3) is 4.41. The summed E-state index contributed by atoms with van der Waals surface area (Å²) in [4.78, 5) is 49.9. The molecule has 3 saturated carbocycles. The fourth-order valence-electron chi connectivity index (χ4n) is 8.22. The van der Waals surface area contributed by atoms with E-state index in [1.54, 1.807) is 26.8 Å². The standard InChI is InChI=1S/C29H40FNO7S/c1-16-12-21-20-7-6-18-13-19(33)8-10-26(18,3)28(20,30)23(34)14-27(21,4)29(16,37)24(35)15-38-25(36)22(9-11-39-5)31-17(2)32/h8,10,13,16,20-23,34,37H,6-7,9,11-12,14-15H2,1-5H3,(H,31,32)/t16-,20-,21-,22?,23-,26-,27-,28?,29-/m0/s1. The molecule has 8 nitrogen and oxygen atoms in total. The fourth-order valence-corrected chi connectivity index (χ4v) is 8.69. The number of amides is 1. The molecule has 0 radical (unpaired) electrons. The molecule has 3 N–H and O–H groups in total.